The van der Waals surface area contributed by atoms with Crippen LogP contribution in [0.4, 0.5) is 5.82 Å². The summed E-state index contributed by atoms with van der Waals surface area (Å²) >= 11 is 0. The number of anilines is 1. The number of likely N-dealkylation sites (tertiary alicyclic amines) is 2. The number of carbonyl (C=O) groups excluding carboxylic acids is 1. The topological polar surface area (TPSA) is 99.2 Å². The van der Waals surface area contributed by atoms with Crippen molar-refractivity contribution in [3.8, 4) is 0 Å². The molecule has 2 aromatic heterocycles. The highest BCUT2D eigenvalue weighted by molar-refractivity contribution is 5.98. The van der Waals surface area contributed by atoms with Crippen molar-refractivity contribution in [1.29, 1.82) is 5.41 Å². The molecule has 4 heterocycles. The number of rotatable bonds is 5. The minimum absolute atomic E-state index is 0.121. The van der Waals surface area contributed by atoms with E-state index in [1.807, 2.05) is 35.2 Å². The SMILES string of the molecule is N=C(c1ccccn1)C1CCN(C(=O)C2CCN(Cc3ccnc(N)c3)CC2)CC1. The van der Waals surface area contributed by atoms with Crippen LogP contribution in [0.5, 0.6) is 0 Å². The number of piperidine rings is 2. The number of nitrogen functional groups attached to an aromatic ring is 1. The molecule has 7 heteroatoms. The Kier molecular flexibility index (Phi) is 6.38. The largest absolute Gasteiger partial charge is 0.384 e. The number of nitrogens with one attached hydrogen (secondary N) is 1. The van der Waals surface area contributed by atoms with Gasteiger partial charge in [0.05, 0.1) is 11.4 Å². The number of nitrogens with two attached hydrogens (primary N) is 1. The van der Waals surface area contributed by atoms with Gasteiger partial charge < -0.3 is 16.0 Å². The van der Waals surface area contributed by atoms with Crippen molar-refractivity contribution in [2.24, 2.45) is 11.8 Å². The normalized spacial score (nSPS) is 19.0. The fourth-order valence-corrected chi connectivity index (χ4v) is 4.57. The second-order valence-corrected chi connectivity index (χ2v) is 8.37. The quantitative estimate of drug-likeness (QED) is 0.744. The Morgan fingerprint density at radius 3 is 2.40 bits per heavy atom. The maximum atomic E-state index is 13.0. The molecular weight excluding hydrogens is 376 g/mol. The molecule has 2 aliphatic heterocycles. The zero-order chi connectivity index (χ0) is 20.9. The summed E-state index contributed by atoms with van der Waals surface area (Å²) in [5.74, 6) is 1.16. The lowest BCUT2D eigenvalue weighted by molar-refractivity contribution is -0.138. The molecule has 2 aromatic rings. The number of nitrogens with zero attached hydrogens (tertiary/aromatic N) is 4. The Morgan fingerprint density at radius 2 is 1.73 bits per heavy atom. The first-order valence-corrected chi connectivity index (χ1v) is 10.8. The fourth-order valence-electron chi connectivity index (χ4n) is 4.57. The van der Waals surface area contributed by atoms with Gasteiger partial charge in [0.2, 0.25) is 5.91 Å². The average Bonchev–Trinajstić information content (AvgIpc) is 2.79. The Balaban J connectivity index is 1.24. The summed E-state index contributed by atoms with van der Waals surface area (Å²) in [6.45, 7) is 4.21. The number of hydrogen-bond acceptors (Lipinski definition) is 6. The van der Waals surface area contributed by atoms with E-state index in [1.165, 1.54) is 5.56 Å². The molecular formula is C23H30N6O. The van der Waals surface area contributed by atoms with Gasteiger partial charge in [-0.1, -0.05) is 6.07 Å². The molecule has 0 saturated carbocycles. The van der Waals surface area contributed by atoms with Crippen molar-refractivity contribution >= 4 is 17.4 Å². The second kappa shape index (κ2) is 9.34. The van der Waals surface area contributed by atoms with Gasteiger partial charge in [0, 0.05) is 43.9 Å². The molecule has 1 amide bonds. The predicted molar refractivity (Wildman–Crippen MR) is 117 cm³/mol. The first kappa shape index (κ1) is 20.5. The van der Waals surface area contributed by atoms with Crippen molar-refractivity contribution in [3.05, 3.63) is 54.0 Å². The van der Waals surface area contributed by atoms with E-state index in [0.717, 1.165) is 64.1 Å². The molecule has 30 heavy (non-hydrogen) atoms. The summed E-state index contributed by atoms with van der Waals surface area (Å²) in [5.41, 5.74) is 8.30. The van der Waals surface area contributed by atoms with Gasteiger partial charge in [-0.2, -0.15) is 0 Å². The van der Waals surface area contributed by atoms with Crippen LogP contribution in [0, 0.1) is 17.2 Å². The van der Waals surface area contributed by atoms with E-state index in [0.29, 0.717) is 17.4 Å². The van der Waals surface area contributed by atoms with E-state index in [4.69, 9.17) is 11.1 Å². The standard InChI is InChI=1S/C23H30N6O/c24-21-15-17(4-10-27-21)16-28-11-5-19(6-12-28)23(30)29-13-7-18(8-14-29)22(25)20-3-1-2-9-26-20/h1-4,9-10,15,18-19,25H,5-8,11-14,16H2,(H2,24,27). The molecule has 2 fully saturated rings. The van der Waals surface area contributed by atoms with Crippen molar-refractivity contribution in [2.45, 2.75) is 32.2 Å². The molecule has 0 unspecified atom stereocenters. The third-order valence-corrected chi connectivity index (χ3v) is 6.34. The highest BCUT2D eigenvalue weighted by atomic mass is 16.2. The van der Waals surface area contributed by atoms with Crippen LogP contribution in [0.25, 0.3) is 0 Å². The van der Waals surface area contributed by atoms with Crippen molar-refractivity contribution < 1.29 is 4.79 Å². The smallest absolute Gasteiger partial charge is 0.225 e. The van der Waals surface area contributed by atoms with Gasteiger partial charge in [0.15, 0.2) is 0 Å². The highest BCUT2D eigenvalue weighted by Crippen LogP contribution is 2.26. The Bertz CT molecular complexity index is 870. The van der Waals surface area contributed by atoms with Crippen LogP contribution in [0.3, 0.4) is 0 Å². The Morgan fingerprint density at radius 1 is 1.00 bits per heavy atom. The Labute approximate surface area is 177 Å². The third kappa shape index (κ3) is 4.84. The molecule has 0 aromatic carbocycles. The molecule has 0 atom stereocenters. The molecule has 0 spiro atoms. The van der Waals surface area contributed by atoms with Gasteiger partial charge in [0.1, 0.15) is 5.82 Å². The molecule has 0 radical (unpaired) electrons. The molecule has 0 bridgehead atoms. The van der Waals surface area contributed by atoms with Crippen LogP contribution in [0.1, 0.15) is 36.9 Å². The molecule has 3 N–H and O–H groups in total. The average molecular weight is 407 g/mol. The van der Waals surface area contributed by atoms with Crippen molar-refractivity contribution in [2.75, 3.05) is 31.9 Å². The molecule has 4 rings (SSSR count). The van der Waals surface area contributed by atoms with Gasteiger partial charge in [-0.3, -0.25) is 14.7 Å². The van der Waals surface area contributed by atoms with Crippen molar-refractivity contribution in [3.63, 3.8) is 0 Å². The highest BCUT2D eigenvalue weighted by Gasteiger charge is 2.32. The van der Waals surface area contributed by atoms with E-state index < -0.39 is 0 Å². The zero-order valence-electron chi connectivity index (χ0n) is 17.3. The molecule has 2 saturated heterocycles. The summed E-state index contributed by atoms with van der Waals surface area (Å²) in [6, 6.07) is 9.61. The molecule has 158 valence electrons. The molecule has 0 aliphatic carbocycles. The second-order valence-electron chi connectivity index (χ2n) is 8.37. The van der Waals surface area contributed by atoms with Gasteiger partial charge in [-0.05, 0) is 68.6 Å². The summed E-state index contributed by atoms with van der Waals surface area (Å²) in [5, 5.41) is 8.44. The lowest BCUT2D eigenvalue weighted by Gasteiger charge is -2.37. The van der Waals surface area contributed by atoms with E-state index in [1.54, 1.807) is 12.4 Å². The van der Waals surface area contributed by atoms with E-state index in [-0.39, 0.29) is 11.8 Å². The van der Waals surface area contributed by atoms with E-state index in [9.17, 15) is 4.79 Å². The monoisotopic (exact) mass is 406 g/mol. The number of aromatic nitrogens is 2. The fraction of sp³-hybridized carbons (Fsp3) is 0.478. The third-order valence-electron chi connectivity index (χ3n) is 6.34. The first-order valence-electron chi connectivity index (χ1n) is 10.8. The van der Waals surface area contributed by atoms with E-state index >= 15 is 0 Å². The number of amides is 1. The molecule has 2 aliphatic rings. The minimum Gasteiger partial charge on any atom is -0.384 e. The number of carbonyl (C=O) groups is 1. The van der Waals surface area contributed by atoms with Crippen molar-refractivity contribution in [1.82, 2.24) is 19.8 Å². The van der Waals surface area contributed by atoms with Crippen LogP contribution in [0.15, 0.2) is 42.7 Å². The minimum atomic E-state index is 0.121. The van der Waals surface area contributed by atoms with Crippen LogP contribution < -0.4 is 5.73 Å². The number of hydrogen-bond donors (Lipinski definition) is 2. The summed E-state index contributed by atoms with van der Waals surface area (Å²) in [6.07, 6.45) is 7.00. The summed E-state index contributed by atoms with van der Waals surface area (Å²) in [7, 11) is 0. The van der Waals surface area contributed by atoms with Gasteiger partial charge >= 0.3 is 0 Å². The summed E-state index contributed by atoms with van der Waals surface area (Å²) < 4.78 is 0. The maximum Gasteiger partial charge on any atom is 0.225 e. The van der Waals surface area contributed by atoms with Gasteiger partial charge in [-0.25, -0.2) is 4.98 Å². The lowest BCUT2D eigenvalue weighted by atomic mass is 9.88. The zero-order valence-corrected chi connectivity index (χ0v) is 17.3. The van der Waals surface area contributed by atoms with Gasteiger partial charge in [-0.15, -0.1) is 0 Å². The number of pyridine rings is 2. The predicted octanol–water partition coefficient (Wildman–Crippen LogP) is 2.58. The molecule has 7 nitrogen and oxygen atoms in total. The first-order chi connectivity index (χ1) is 14.6. The summed E-state index contributed by atoms with van der Waals surface area (Å²) in [4.78, 5) is 25.8. The van der Waals surface area contributed by atoms with Crippen LogP contribution in [0.2, 0.25) is 0 Å². The lowest BCUT2D eigenvalue weighted by Crippen LogP contribution is -2.46. The Hall–Kier alpha value is -2.80. The van der Waals surface area contributed by atoms with Crippen LogP contribution >= 0.6 is 0 Å². The maximum absolute atomic E-state index is 13.0. The van der Waals surface area contributed by atoms with E-state index in [2.05, 4.69) is 14.9 Å². The van der Waals surface area contributed by atoms with Gasteiger partial charge in [0.25, 0.3) is 0 Å². The van der Waals surface area contributed by atoms with Crippen LogP contribution in [-0.2, 0) is 11.3 Å². The van der Waals surface area contributed by atoms with Crippen LogP contribution in [-0.4, -0.2) is 57.6 Å².